The second-order valence-corrected chi connectivity index (χ2v) is 3.69. The van der Waals surface area contributed by atoms with Gasteiger partial charge in [0.15, 0.2) is 5.50 Å². The van der Waals surface area contributed by atoms with Gasteiger partial charge in [-0.15, -0.1) is 0 Å². The van der Waals surface area contributed by atoms with Crippen LogP contribution in [0.3, 0.4) is 0 Å². The number of aliphatic hydroxyl groups is 2. The van der Waals surface area contributed by atoms with Crippen molar-refractivity contribution in [2.75, 3.05) is 27.7 Å². The largest absolute Gasteiger partial charge is 0.393 e. The van der Waals surface area contributed by atoms with E-state index in [9.17, 15) is 0 Å². The summed E-state index contributed by atoms with van der Waals surface area (Å²) < 4.78 is 0.434. The molecule has 0 amide bonds. The lowest BCUT2D eigenvalue weighted by Crippen LogP contribution is -2.49. The smallest absolute Gasteiger partial charge is 0.192 e. The Morgan fingerprint density at radius 3 is 1.90 bits per heavy atom. The number of alkyl halides is 1. The highest BCUT2D eigenvalue weighted by atomic mass is 35.5. The van der Waals surface area contributed by atoms with Gasteiger partial charge in [-0.1, -0.05) is 11.6 Å². The van der Waals surface area contributed by atoms with Gasteiger partial charge in [0.05, 0.1) is 27.7 Å². The summed E-state index contributed by atoms with van der Waals surface area (Å²) in [4.78, 5) is 0. The molecule has 0 aliphatic carbocycles. The highest BCUT2D eigenvalue weighted by Gasteiger charge is 2.28. The van der Waals surface area contributed by atoms with Crippen molar-refractivity contribution >= 4 is 11.6 Å². The SMILES string of the molecule is C[N+](C)(C)C(Cl)C(O)CO. The molecule has 0 saturated heterocycles. The third kappa shape index (κ3) is 2.84. The Labute approximate surface area is 66.4 Å². The summed E-state index contributed by atoms with van der Waals surface area (Å²) >= 11 is 5.77. The van der Waals surface area contributed by atoms with Gasteiger partial charge >= 0.3 is 0 Å². The van der Waals surface area contributed by atoms with E-state index in [1.54, 1.807) is 0 Å². The highest BCUT2D eigenvalue weighted by Crippen LogP contribution is 2.11. The zero-order chi connectivity index (χ0) is 8.36. The minimum atomic E-state index is -0.846. The fraction of sp³-hybridized carbons (Fsp3) is 1.00. The number of aliphatic hydroxyl groups excluding tert-OH is 2. The van der Waals surface area contributed by atoms with Crippen LogP contribution in [-0.4, -0.2) is 54.1 Å². The van der Waals surface area contributed by atoms with Crippen LogP contribution in [0.25, 0.3) is 0 Å². The monoisotopic (exact) mass is 168 g/mol. The van der Waals surface area contributed by atoms with Crippen LogP contribution in [0.1, 0.15) is 0 Å². The number of hydrogen-bond donors (Lipinski definition) is 2. The van der Waals surface area contributed by atoms with E-state index >= 15 is 0 Å². The maximum Gasteiger partial charge on any atom is 0.192 e. The summed E-state index contributed by atoms with van der Waals surface area (Å²) in [7, 11) is 5.57. The molecule has 0 aliphatic rings. The quantitative estimate of drug-likeness (QED) is 0.343. The Kier molecular flexibility index (Phi) is 3.59. The zero-order valence-corrected chi connectivity index (χ0v) is 7.34. The highest BCUT2D eigenvalue weighted by molar-refractivity contribution is 6.20. The molecule has 62 valence electrons. The first kappa shape index (κ1) is 10.2. The van der Waals surface area contributed by atoms with E-state index in [1.807, 2.05) is 21.1 Å². The van der Waals surface area contributed by atoms with Gasteiger partial charge < -0.3 is 14.7 Å². The molecule has 0 radical (unpaired) electrons. The van der Waals surface area contributed by atoms with Crippen LogP contribution < -0.4 is 0 Å². The average molecular weight is 169 g/mol. The van der Waals surface area contributed by atoms with Gasteiger partial charge in [0.2, 0.25) is 0 Å². The summed E-state index contributed by atoms with van der Waals surface area (Å²) in [6.07, 6.45) is -0.846. The molecule has 2 atom stereocenters. The summed E-state index contributed by atoms with van der Waals surface area (Å²) in [6, 6.07) is 0. The Morgan fingerprint density at radius 2 is 1.80 bits per heavy atom. The number of rotatable bonds is 3. The van der Waals surface area contributed by atoms with Gasteiger partial charge in [0.1, 0.15) is 6.10 Å². The second kappa shape index (κ2) is 3.53. The van der Waals surface area contributed by atoms with Gasteiger partial charge in [-0.25, -0.2) is 0 Å². The summed E-state index contributed by atoms with van der Waals surface area (Å²) in [5.41, 5.74) is -0.454. The second-order valence-electron chi connectivity index (χ2n) is 3.24. The van der Waals surface area contributed by atoms with Crippen LogP contribution >= 0.6 is 11.6 Å². The molecule has 0 bridgehead atoms. The van der Waals surface area contributed by atoms with Crippen LogP contribution in [0.15, 0.2) is 0 Å². The van der Waals surface area contributed by atoms with E-state index in [4.69, 9.17) is 21.8 Å². The lowest BCUT2D eigenvalue weighted by Gasteiger charge is -2.31. The van der Waals surface area contributed by atoms with Crippen molar-refractivity contribution in [3.05, 3.63) is 0 Å². The standard InChI is InChI=1S/C6H15ClNO2/c1-8(2,3)6(7)5(10)4-9/h5-6,9-10H,4H2,1-3H3/q+1. The molecule has 0 aromatic carbocycles. The number of nitrogens with zero attached hydrogens (tertiary/aromatic N) is 1. The first-order valence-electron chi connectivity index (χ1n) is 3.13. The molecule has 0 aliphatic heterocycles. The van der Waals surface area contributed by atoms with Crippen molar-refractivity contribution in [2.45, 2.75) is 11.6 Å². The van der Waals surface area contributed by atoms with Crippen LogP contribution in [0.4, 0.5) is 0 Å². The molecule has 2 unspecified atom stereocenters. The van der Waals surface area contributed by atoms with E-state index in [0.29, 0.717) is 4.48 Å². The molecule has 0 saturated carbocycles. The first-order chi connectivity index (χ1) is 4.39. The van der Waals surface area contributed by atoms with Crippen molar-refractivity contribution in [3.63, 3.8) is 0 Å². The van der Waals surface area contributed by atoms with Crippen molar-refractivity contribution < 1.29 is 14.7 Å². The third-order valence-corrected chi connectivity index (χ3v) is 2.12. The fourth-order valence-corrected chi connectivity index (χ4v) is 0.683. The minimum absolute atomic E-state index is 0.288. The molecule has 10 heavy (non-hydrogen) atoms. The molecule has 3 nitrogen and oxygen atoms in total. The van der Waals surface area contributed by atoms with Gasteiger partial charge in [-0.05, 0) is 0 Å². The maximum atomic E-state index is 9.06. The van der Waals surface area contributed by atoms with Crippen LogP contribution in [0.5, 0.6) is 0 Å². The summed E-state index contributed by atoms with van der Waals surface area (Å²) in [5.74, 6) is 0. The zero-order valence-electron chi connectivity index (χ0n) is 6.58. The average Bonchev–Trinajstić information content (AvgIpc) is 1.83. The Morgan fingerprint density at radius 1 is 1.40 bits per heavy atom. The molecule has 0 aromatic rings. The molecule has 0 heterocycles. The molecule has 2 N–H and O–H groups in total. The van der Waals surface area contributed by atoms with Crippen molar-refractivity contribution in [2.24, 2.45) is 0 Å². The third-order valence-electron chi connectivity index (χ3n) is 1.24. The topological polar surface area (TPSA) is 40.5 Å². The van der Waals surface area contributed by atoms with Crippen molar-refractivity contribution in [1.29, 1.82) is 0 Å². The van der Waals surface area contributed by atoms with Gasteiger partial charge in [0.25, 0.3) is 0 Å². The van der Waals surface area contributed by atoms with Crippen LogP contribution in [-0.2, 0) is 0 Å². The number of likely N-dealkylation sites (N-methyl/N-ethyl adjacent to an activating group) is 1. The maximum absolute atomic E-state index is 9.06. The number of halogens is 1. The normalized spacial score (nSPS) is 18.6. The van der Waals surface area contributed by atoms with Gasteiger partial charge in [-0.3, -0.25) is 0 Å². The predicted octanol–water partition coefficient (Wildman–Crippen LogP) is -0.389. The molecule has 0 aromatic heterocycles. The molecule has 4 heteroatoms. The molecule has 0 fully saturated rings. The van der Waals surface area contributed by atoms with Crippen molar-refractivity contribution in [1.82, 2.24) is 0 Å². The Hall–Kier alpha value is 0.170. The molecular formula is C6H15ClNO2+. The van der Waals surface area contributed by atoms with E-state index < -0.39 is 11.6 Å². The van der Waals surface area contributed by atoms with E-state index in [-0.39, 0.29) is 6.61 Å². The van der Waals surface area contributed by atoms with E-state index in [1.165, 1.54) is 0 Å². The van der Waals surface area contributed by atoms with Gasteiger partial charge in [0, 0.05) is 0 Å². The Balaban J connectivity index is 3.94. The lowest BCUT2D eigenvalue weighted by atomic mass is 10.3. The molecular weight excluding hydrogens is 154 g/mol. The van der Waals surface area contributed by atoms with Crippen LogP contribution in [0.2, 0.25) is 0 Å². The van der Waals surface area contributed by atoms with E-state index in [0.717, 1.165) is 0 Å². The fourth-order valence-electron chi connectivity index (χ4n) is 0.603. The molecule has 0 spiro atoms. The summed E-state index contributed by atoms with van der Waals surface area (Å²) in [6.45, 7) is -0.288. The molecule has 0 rings (SSSR count). The van der Waals surface area contributed by atoms with Gasteiger partial charge in [-0.2, -0.15) is 0 Å². The number of hydrogen-bond acceptors (Lipinski definition) is 2. The Bertz CT molecular complexity index is 102. The number of quaternary nitrogens is 1. The van der Waals surface area contributed by atoms with E-state index in [2.05, 4.69) is 0 Å². The summed E-state index contributed by atoms with van der Waals surface area (Å²) in [5, 5.41) is 17.6. The van der Waals surface area contributed by atoms with Crippen LogP contribution in [0, 0.1) is 0 Å². The lowest BCUT2D eigenvalue weighted by molar-refractivity contribution is -0.886. The first-order valence-corrected chi connectivity index (χ1v) is 3.57. The predicted molar refractivity (Wildman–Crippen MR) is 40.8 cm³/mol. The minimum Gasteiger partial charge on any atom is -0.393 e. The van der Waals surface area contributed by atoms with Crippen molar-refractivity contribution in [3.8, 4) is 0 Å².